The lowest BCUT2D eigenvalue weighted by Crippen LogP contribution is -2.01. The monoisotopic (exact) mass is 244 g/mol. The van der Waals surface area contributed by atoms with Crippen LogP contribution in [-0.4, -0.2) is 20.9 Å². The molecule has 2 rings (SSSR count). The summed E-state index contributed by atoms with van der Waals surface area (Å²) in [5.41, 5.74) is 4.84. The molecule has 0 spiro atoms. The Morgan fingerprint density at radius 1 is 1.28 bits per heavy atom. The fourth-order valence-corrected chi connectivity index (χ4v) is 2.17. The van der Waals surface area contributed by atoms with Crippen LogP contribution in [0.2, 0.25) is 0 Å². The number of hydrogen-bond acceptors (Lipinski definition) is 2. The van der Waals surface area contributed by atoms with Gasteiger partial charge < -0.3 is 5.11 Å². The van der Waals surface area contributed by atoms with Gasteiger partial charge in [0.05, 0.1) is 0 Å². The summed E-state index contributed by atoms with van der Waals surface area (Å²) in [5.74, 6) is -0.992. The van der Waals surface area contributed by atoms with Gasteiger partial charge in [-0.05, 0) is 31.9 Å². The van der Waals surface area contributed by atoms with Crippen LogP contribution in [0.15, 0.2) is 18.2 Å². The fourth-order valence-electron chi connectivity index (χ4n) is 2.17. The van der Waals surface area contributed by atoms with Gasteiger partial charge in [0.15, 0.2) is 5.69 Å². The van der Waals surface area contributed by atoms with Crippen LogP contribution in [0.1, 0.15) is 27.3 Å². The summed E-state index contributed by atoms with van der Waals surface area (Å²) in [4.78, 5) is 11.3. The van der Waals surface area contributed by atoms with E-state index in [4.69, 9.17) is 0 Å². The minimum Gasteiger partial charge on any atom is -0.476 e. The SMILES string of the molecule is Cc1ccc(-c2c(C(=O)O)nn(C)c2C)c(C)c1. The number of aromatic carboxylic acids is 1. The van der Waals surface area contributed by atoms with Crippen LogP contribution in [0, 0.1) is 20.8 Å². The number of carboxylic acid groups (broad SMARTS) is 1. The average Bonchev–Trinajstić information content (AvgIpc) is 2.57. The van der Waals surface area contributed by atoms with E-state index in [1.165, 1.54) is 0 Å². The van der Waals surface area contributed by atoms with E-state index in [1.54, 1.807) is 11.7 Å². The molecular weight excluding hydrogens is 228 g/mol. The zero-order chi connectivity index (χ0) is 13.4. The van der Waals surface area contributed by atoms with Crippen molar-refractivity contribution in [2.24, 2.45) is 7.05 Å². The third-order valence-corrected chi connectivity index (χ3v) is 3.19. The first-order valence-corrected chi connectivity index (χ1v) is 5.76. The van der Waals surface area contributed by atoms with E-state index in [-0.39, 0.29) is 5.69 Å². The molecular formula is C14H16N2O2. The third kappa shape index (κ3) is 1.90. The molecule has 1 N–H and O–H groups in total. The predicted molar refractivity (Wildman–Crippen MR) is 69.8 cm³/mol. The maximum Gasteiger partial charge on any atom is 0.357 e. The molecule has 4 heteroatoms. The molecule has 1 aromatic heterocycles. The number of hydrogen-bond donors (Lipinski definition) is 1. The quantitative estimate of drug-likeness (QED) is 0.883. The normalized spacial score (nSPS) is 10.7. The van der Waals surface area contributed by atoms with Gasteiger partial charge in [-0.2, -0.15) is 5.10 Å². The number of aromatic nitrogens is 2. The molecule has 0 atom stereocenters. The van der Waals surface area contributed by atoms with Crippen molar-refractivity contribution in [2.75, 3.05) is 0 Å². The molecule has 0 saturated carbocycles. The summed E-state index contributed by atoms with van der Waals surface area (Å²) in [6, 6.07) is 5.99. The summed E-state index contributed by atoms with van der Waals surface area (Å²) >= 11 is 0. The molecule has 2 aromatic rings. The number of benzene rings is 1. The van der Waals surface area contributed by atoms with Crippen molar-refractivity contribution in [3.05, 3.63) is 40.7 Å². The van der Waals surface area contributed by atoms with Crippen LogP contribution in [0.5, 0.6) is 0 Å². The largest absolute Gasteiger partial charge is 0.476 e. The molecule has 0 radical (unpaired) electrons. The Morgan fingerprint density at radius 3 is 2.50 bits per heavy atom. The second-order valence-electron chi connectivity index (χ2n) is 4.56. The molecule has 0 aliphatic heterocycles. The lowest BCUT2D eigenvalue weighted by molar-refractivity contribution is 0.0690. The Hall–Kier alpha value is -2.10. The van der Waals surface area contributed by atoms with E-state index in [0.717, 1.165) is 22.4 Å². The van der Waals surface area contributed by atoms with Crippen LogP contribution in [0.4, 0.5) is 0 Å². The molecule has 0 unspecified atom stereocenters. The fraction of sp³-hybridized carbons (Fsp3) is 0.286. The van der Waals surface area contributed by atoms with Gasteiger partial charge in [0.1, 0.15) is 0 Å². The third-order valence-electron chi connectivity index (χ3n) is 3.19. The summed E-state index contributed by atoms with van der Waals surface area (Å²) in [7, 11) is 1.76. The Bertz CT molecular complexity index is 627. The first kappa shape index (κ1) is 12.4. The topological polar surface area (TPSA) is 55.1 Å². The second-order valence-corrected chi connectivity index (χ2v) is 4.56. The minimum atomic E-state index is -0.992. The van der Waals surface area contributed by atoms with E-state index in [2.05, 4.69) is 5.10 Å². The Morgan fingerprint density at radius 2 is 1.94 bits per heavy atom. The minimum absolute atomic E-state index is 0.113. The van der Waals surface area contributed by atoms with Crippen molar-refractivity contribution < 1.29 is 9.90 Å². The van der Waals surface area contributed by atoms with Crippen LogP contribution in [0.25, 0.3) is 11.1 Å². The van der Waals surface area contributed by atoms with Crippen molar-refractivity contribution in [3.63, 3.8) is 0 Å². The highest BCUT2D eigenvalue weighted by molar-refractivity contribution is 5.95. The molecule has 0 saturated heterocycles. The van der Waals surface area contributed by atoms with Crippen molar-refractivity contribution in [3.8, 4) is 11.1 Å². The standard InChI is InChI=1S/C14H16N2O2/c1-8-5-6-11(9(2)7-8)12-10(3)16(4)15-13(12)14(17)18/h5-7H,1-4H3,(H,17,18). The Labute approximate surface area is 106 Å². The summed E-state index contributed by atoms with van der Waals surface area (Å²) in [6.45, 7) is 5.89. The van der Waals surface area contributed by atoms with Crippen molar-refractivity contribution in [2.45, 2.75) is 20.8 Å². The van der Waals surface area contributed by atoms with Gasteiger partial charge in [-0.25, -0.2) is 4.79 Å². The van der Waals surface area contributed by atoms with Gasteiger partial charge in [-0.15, -0.1) is 0 Å². The lowest BCUT2D eigenvalue weighted by Gasteiger charge is -2.07. The van der Waals surface area contributed by atoms with Crippen molar-refractivity contribution >= 4 is 5.97 Å². The van der Waals surface area contributed by atoms with Crippen LogP contribution in [0.3, 0.4) is 0 Å². The van der Waals surface area contributed by atoms with Crippen molar-refractivity contribution in [1.82, 2.24) is 9.78 Å². The maximum atomic E-state index is 11.3. The van der Waals surface area contributed by atoms with Gasteiger partial charge in [0.2, 0.25) is 0 Å². The van der Waals surface area contributed by atoms with Gasteiger partial charge in [0.25, 0.3) is 0 Å². The smallest absolute Gasteiger partial charge is 0.357 e. The van der Waals surface area contributed by atoms with E-state index in [1.807, 2.05) is 39.0 Å². The molecule has 0 amide bonds. The molecule has 18 heavy (non-hydrogen) atoms. The van der Waals surface area contributed by atoms with E-state index < -0.39 is 5.97 Å². The van der Waals surface area contributed by atoms with Crippen LogP contribution in [-0.2, 0) is 7.05 Å². The Balaban J connectivity index is 2.74. The maximum absolute atomic E-state index is 11.3. The van der Waals surface area contributed by atoms with Gasteiger partial charge in [-0.1, -0.05) is 23.8 Å². The average molecular weight is 244 g/mol. The van der Waals surface area contributed by atoms with Gasteiger partial charge in [0, 0.05) is 18.3 Å². The molecule has 1 aromatic carbocycles. The van der Waals surface area contributed by atoms with Crippen LogP contribution >= 0.6 is 0 Å². The first-order valence-electron chi connectivity index (χ1n) is 5.76. The molecule has 0 bridgehead atoms. The van der Waals surface area contributed by atoms with Crippen molar-refractivity contribution in [1.29, 1.82) is 0 Å². The first-order chi connectivity index (χ1) is 8.41. The summed E-state index contributed by atoms with van der Waals surface area (Å²) < 4.78 is 1.61. The number of carboxylic acids is 1. The van der Waals surface area contributed by atoms with E-state index in [0.29, 0.717) is 5.56 Å². The summed E-state index contributed by atoms with van der Waals surface area (Å²) in [5, 5.41) is 13.3. The van der Waals surface area contributed by atoms with Gasteiger partial charge in [-0.3, -0.25) is 4.68 Å². The highest BCUT2D eigenvalue weighted by Crippen LogP contribution is 2.30. The Kier molecular flexibility index (Phi) is 2.95. The molecule has 94 valence electrons. The zero-order valence-electron chi connectivity index (χ0n) is 11.0. The second kappa shape index (κ2) is 4.29. The molecule has 4 nitrogen and oxygen atoms in total. The zero-order valence-corrected chi connectivity index (χ0v) is 11.0. The van der Waals surface area contributed by atoms with Gasteiger partial charge >= 0.3 is 5.97 Å². The number of rotatable bonds is 2. The predicted octanol–water partition coefficient (Wildman–Crippen LogP) is 2.71. The number of aryl methyl sites for hydroxylation is 3. The number of nitrogens with zero attached hydrogens (tertiary/aromatic N) is 2. The highest BCUT2D eigenvalue weighted by Gasteiger charge is 2.21. The van der Waals surface area contributed by atoms with Crippen LogP contribution < -0.4 is 0 Å². The molecule has 0 aliphatic carbocycles. The number of carbonyl (C=O) groups is 1. The molecule has 0 fully saturated rings. The van der Waals surface area contributed by atoms with E-state index >= 15 is 0 Å². The lowest BCUT2D eigenvalue weighted by atomic mass is 9.97. The van der Waals surface area contributed by atoms with E-state index in [9.17, 15) is 9.90 Å². The summed E-state index contributed by atoms with van der Waals surface area (Å²) in [6.07, 6.45) is 0. The molecule has 0 aliphatic rings. The highest BCUT2D eigenvalue weighted by atomic mass is 16.4. The molecule has 1 heterocycles.